The smallest absolute Gasteiger partial charge is 0.387 e. The third kappa shape index (κ3) is 5.71. The van der Waals surface area contributed by atoms with Crippen molar-refractivity contribution in [1.82, 2.24) is 9.55 Å². The minimum absolute atomic E-state index is 0.0232. The zero-order valence-corrected chi connectivity index (χ0v) is 18.9. The van der Waals surface area contributed by atoms with E-state index in [1.54, 1.807) is 19.1 Å². The number of ether oxygens (including phenoxy) is 1. The van der Waals surface area contributed by atoms with Gasteiger partial charge in [0.15, 0.2) is 0 Å². The average molecular weight is 445 g/mol. The Balaban J connectivity index is 1.72. The monoisotopic (exact) mass is 444 g/mol. The number of carbonyl (C=O) groups excluding carboxylic acids is 1. The zero-order valence-electron chi connectivity index (χ0n) is 18.9. The van der Waals surface area contributed by atoms with Gasteiger partial charge in [0.25, 0.3) is 0 Å². The van der Waals surface area contributed by atoms with Gasteiger partial charge in [-0.15, -0.1) is 0 Å². The molecule has 0 radical (unpaired) electrons. The highest BCUT2D eigenvalue weighted by atomic mass is 19.3. The SMILES string of the molecule is CC(O)(CC(=O)CCCc1nc2ccc(OC(F)F)cc2n1C(C)(C)C)c1ccccc1. The van der Waals surface area contributed by atoms with E-state index in [0.717, 1.165) is 5.82 Å². The number of alkyl halides is 2. The lowest BCUT2D eigenvalue weighted by Crippen LogP contribution is -2.25. The van der Waals surface area contributed by atoms with Gasteiger partial charge in [0.1, 0.15) is 17.4 Å². The Bertz CT molecular complexity index is 1070. The first-order valence-electron chi connectivity index (χ1n) is 10.7. The van der Waals surface area contributed by atoms with Crippen molar-refractivity contribution in [2.75, 3.05) is 0 Å². The van der Waals surface area contributed by atoms with E-state index >= 15 is 0 Å². The third-order valence-corrected chi connectivity index (χ3v) is 5.38. The second kappa shape index (κ2) is 9.36. The molecule has 1 N–H and O–H groups in total. The molecule has 0 aliphatic heterocycles. The number of benzene rings is 2. The molecule has 1 heterocycles. The molecular formula is C25H30F2N2O3. The first-order chi connectivity index (χ1) is 15.0. The molecule has 172 valence electrons. The summed E-state index contributed by atoms with van der Waals surface area (Å²) in [5.74, 6) is 0.844. The number of carbonyl (C=O) groups is 1. The number of aryl methyl sites for hydroxylation is 1. The first kappa shape index (κ1) is 23.9. The van der Waals surface area contributed by atoms with Crippen LogP contribution in [0.3, 0.4) is 0 Å². The number of fused-ring (bicyclic) bond motifs is 1. The number of aliphatic hydroxyl groups is 1. The molecule has 7 heteroatoms. The summed E-state index contributed by atoms with van der Waals surface area (Å²) in [6.07, 6.45) is 1.48. The number of imidazole rings is 1. The average Bonchev–Trinajstić information content (AvgIpc) is 3.05. The Morgan fingerprint density at radius 3 is 2.44 bits per heavy atom. The summed E-state index contributed by atoms with van der Waals surface area (Å²) < 4.78 is 31.8. The molecule has 0 aliphatic rings. The number of hydrogen-bond donors (Lipinski definition) is 1. The number of Topliss-reactive ketones (excluding diaryl/α,β-unsaturated/α-hetero) is 1. The Morgan fingerprint density at radius 2 is 1.81 bits per heavy atom. The van der Waals surface area contributed by atoms with Crippen LogP contribution in [0.15, 0.2) is 48.5 Å². The summed E-state index contributed by atoms with van der Waals surface area (Å²) in [5.41, 5.74) is 0.565. The highest BCUT2D eigenvalue weighted by Crippen LogP contribution is 2.30. The minimum atomic E-state index is -2.89. The highest BCUT2D eigenvalue weighted by molar-refractivity contribution is 5.80. The summed E-state index contributed by atoms with van der Waals surface area (Å²) in [6.45, 7) is 4.80. The maximum Gasteiger partial charge on any atom is 0.387 e. The van der Waals surface area contributed by atoms with Crippen LogP contribution in [0.4, 0.5) is 8.78 Å². The third-order valence-electron chi connectivity index (χ3n) is 5.38. The van der Waals surface area contributed by atoms with E-state index < -0.39 is 12.2 Å². The molecule has 0 spiro atoms. The van der Waals surface area contributed by atoms with Crippen molar-refractivity contribution in [3.05, 3.63) is 59.9 Å². The lowest BCUT2D eigenvalue weighted by atomic mass is 9.89. The van der Waals surface area contributed by atoms with Crippen LogP contribution in [0.2, 0.25) is 0 Å². The van der Waals surface area contributed by atoms with Crippen molar-refractivity contribution >= 4 is 16.8 Å². The van der Waals surface area contributed by atoms with Crippen LogP contribution in [-0.4, -0.2) is 27.1 Å². The normalized spacial score (nSPS) is 14.0. The van der Waals surface area contributed by atoms with E-state index in [9.17, 15) is 18.7 Å². The van der Waals surface area contributed by atoms with Crippen molar-refractivity contribution in [3.63, 3.8) is 0 Å². The summed E-state index contributed by atoms with van der Waals surface area (Å²) in [6, 6.07) is 13.9. The largest absolute Gasteiger partial charge is 0.435 e. The second-order valence-corrected chi connectivity index (χ2v) is 9.27. The molecule has 0 aliphatic carbocycles. The van der Waals surface area contributed by atoms with E-state index in [4.69, 9.17) is 0 Å². The Kier molecular flexibility index (Phi) is 6.98. The van der Waals surface area contributed by atoms with E-state index in [1.165, 1.54) is 6.07 Å². The van der Waals surface area contributed by atoms with E-state index in [1.807, 2.05) is 55.7 Å². The molecule has 3 rings (SSSR count). The molecule has 1 unspecified atom stereocenters. The van der Waals surface area contributed by atoms with Crippen molar-refractivity contribution < 1.29 is 23.4 Å². The second-order valence-electron chi connectivity index (χ2n) is 9.27. The summed E-state index contributed by atoms with van der Waals surface area (Å²) in [7, 11) is 0. The molecule has 1 aromatic heterocycles. The Labute approximate surface area is 187 Å². The fraction of sp³-hybridized carbons (Fsp3) is 0.440. The van der Waals surface area contributed by atoms with Crippen LogP contribution < -0.4 is 4.74 Å². The number of rotatable bonds is 9. The van der Waals surface area contributed by atoms with Crippen LogP contribution >= 0.6 is 0 Å². The lowest BCUT2D eigenvalue weighted by Gasteiger charge is -2.25. The standard InChI is InChI=1S/C25H30F2N2O3/c1-24(2,3)29-21-15-19(32-23(26)27)13-14-20(21)28-22(29)12-8-11-18(30)16-25(4,31)17-9-6-5-7-10-17/h5-7,9-10,13-15,23,31H,8,11-12,16H2,1-4H3. The Morgan fingerprint density at radius 1 is 1.12 bits per heavy atom. The van der Waals surface area contributed by atoms with Gasteiger partial charge >= 0.3 is 6.61 Å². The van der Waals surface area contributed by atoms with Crippen LogP contribution in [0.25, 0.3) is 11.0 Å². The van der Waals surface area contributed by atoms with Crippen molar-refractivity contribution in [2.45, 2.75) is 71.1 Å². The summed E-state index contributed by atoms with van der Waals surface area (Å²) in [4.78, 5) is 17.2. The van der Waals surface area contributed by atoms with Crippen LogP contribution in [0.5, 0.6) is 5.75 Å². The predicted molar refractivity (Wildman–Crippen MR) is 120 cm³/mol. The summed E-state index contributed by atoms with van der Waals surface area (Å²) in [5, 5.41) is 10.7. The van der Waals surface area contributed by atoms with Crippen molar-refractivity contribution in [2.24, 2.45) is 0 Å². The highest BCUT2D eigenvalue weighted by Gasteiger charge is 2.26. The maximum absolute atomic E-state index is 12.6. The van der Waals surface area contributed by atoms with Crippen molar-refractivity contribution in [1.29, 1.82) is 0 Å². The molecule has 3 aromatic rings. The fourth-order valence-electron chi connectivity index (χ4n) is 4.01. The quantitative estimate of drug-likeness (QED) is 0.468. The molecule has 5 nitrogen and oxygen atoms in total. The molecular weight excluding hydrogens is 414 g/mol. The molecule has 2 aromatic carbocycles. The summed E-state index contributed by atoms with van der Waals surface area (Å²) >= 11 is 0. The van der Waals surface area contributed by atoms with Gasteiger partial charge in [-0.2, -0.15) is 8.78 Å². The van der Waals surface area contributed by atoms with Gasteiger partial charge in [-0.25, -0.2) is 4.98 Å². The first-order valence-corrected chi connectivity index (χ1v) is 10.7. The van der Waals surface area contributed by atoms with Gasteiger partial charge in [-0.1, -0.05) is 30.3 Å². The lowest BCUT2D eigenvalue weighted by molar-refractivity contribution is -0.123. The van der Waals surface area contributed by atoms with E-state index in [-0.39, 0.29) is 23.5 Å². The minimum Gasteiger partial charge on any atom is -0.435 e. The zero-order chi connectivity index (χ0) is 23.5. The number of ketones is 1. The van der Waals surface area contributed by atoms with E-state index in [2.05, 4.69) is 9.72 Å². The molecule has 1 atom stereocenters. The van der Waals surface area contributed by atoms with E-state index in [0.29, 0.717) is 35.9 Å². The Hall–Kier alpha value is -2.80. The van der Waals surface area contributed by atoms with Crippen molar-refractivity contribution in [3.8, 4) is 5.75 Å². The fourth-order valence-corrected chi connectivity index (χ4v) is 4.01. The van der Waals surface area contributed by atoms with Gasteiger partial charge in [0, 0.05) is 30.9 Å². The number of nitrogens with zero attached hydrogens (tertiary/aromatic N) is 2. The van der Waals surface area contributed by atoms with Crippen LogP contribution in [0, 0.1) is 0 Å². The topological polar surface area (TPSA) is 64.3 Å². The number of halogens is 2. The molecule has 0 bridgehead atoms. The van der Waals surface area contributed by atoms with Gasteiger partial charge in [0.2, 0.25) is 0 Å². The van der Waals surface area contributed by atoms with Crippen LogP contribution in [-0.2, 0) is 22.4 Å². The molecule has 0 saturated heterocycles. The number of hydrogen-bond acceptors (Lipinski definition) is 4. The molecule has 0 fully saturated rings. The maximum atomic E-state index is 12.6. The van der Waals surface area contributed by atoms with Crippen LogP contribution in [0.1, 0.15) is 58.3 Å². The predicted octanol–water partition coefficient (Wildman–Crippen LogP) is 5.58. The molecule has 0 saturated carbocycles. The van der Waals surface area contributed by atoms with Gasteiger partial charge < -0.3 is 14.4 Å². The molecule has 32 heavy (non-hydrogen) atoms. The molecule has 0 amide bonds. The number of aromatic nitrogens is 2. The van der Waals surface area contributed by atoms with Gasteiger partial charge in [-0.05, 0) is 51.8 Å². The van der Waals surface area contributed by atoms with Gasteiger partial charge in [0.05, 0.1) is 16.6 Å². The van der Waals surface area contributed by atoms with Gasteiger partial charge in [-0.3, -0.25) is 4.79 Å².